The zero-order chi connectivity index (χ0) is 26.1. The van der Waals surface area contributed by atoms with Gasteiger partial charge >= 0.3 is 11.9 Å². The molecule has 7 heteroatoms. The van der Waals surface area contributed by atoms with Crippen molar-refractivity contribution in [2.75, 3.05) is 0 Å². The van der Waals surface area contributed by atoms with Crippen LogP contribution < -0.4 is 0 Å². The van der Waals surface area contributed by atoms with Crippen LogP contribution in [-0.2, 0) is 28.7 Å². The Balaban J connectivity index is 1.46. The number of allylic oxidation sites excluding steroid dienone is 3. The van der Waals surface area contributed by atoms with E-state index in [9.17, 15) is 24.3 Å². The van der Waals surface area contributed by atoms with Crippen LogP contribution in [0.25, 0.3) is 0 Å². The van der Waals surface area contributed by atoms with E-state index in [1.54, 1.807) is 0 Å². The highest BCUT2D eigenvalue weighted by atomic mass is 16.6. The quantitative estimate of drug-likeness (QED) is 0.310. The molecule has 9 atom stereocenters. The van der Waals surface area contributed by atoms with Crippen molar-refractivity contribution in [1.29, 1.82) is 0 Å². The maximum Gasteiger partial charge on any atom is 0.334 e. The van der Waals surface area contributed by atoms with E-state index in [0.717, 1.165) is 11.1 Å². The molecule has 0 aromatic heterocycles. The van der Waals surface area contributed by atoms with Gasteiger partial charge in [-0.3, -0.25) is 9.59 Å². The second kappa shape index (κ2) is 7.16. The highest BCUT2D eigenvalue weighted by Gasteiger charge is 2.69. The molecule has 0 aromatic carbocycles. The van der Waals surface area contributed by atoms with E-state index in [1.165, 1.54) is 0 Å². The summed E-state index contributed by atoms with van der Waals surface area (Å²) in [7, 11) is 0. The lowest BCUT2D eigenvalue weighted by atomic mass is 9.59. The van der Waals surface area contributed by atoms with E-state index in [0.29, 0.717) is 41.6 Å². The Morgan fingerprint density at radius 3 is 2.30 bits per heavy atom. The predicted octanol–water partition coefficient (Wildman–Crippen LogP) is 2.87. The summed E-state index contributed by atoms with van der Waals surface area (Å²) in [6, 6.07) is 0. The minimum absolute atomic E-state index is 0.0953. The van der Waals surface area contributed by atoms with Gasteiger partial charge < -0.3 is 14.6 Å². The molecule has 190 valence electrons. The molecule has 7 nitrogen and oxygen atoms in total. The first-order chi connectivity index (χ1) is 17.6. The minimum Gasteiger partial charge on any atom is -0.458 e. The van der Waals surface area contributed by atoms with Crippen LogP contribution in [0.3, 0.4) is 0 Å². The van der Waals surface area contributed by atoms with Gasteiger partial charge in [-0.15, -0.1) is 0 Å². The highest BCUT2D eigenvalue weighted by molar-refractivity contribution is 6.18. The van der Waals surface area contributed by atoms with Crippen LogP contribution in [0.4, 0.5) is 0 Å². The average molecular weight is 501 g/mol. The number of esters is 2. The van der Waals surface area contributed by atoms with Gasteiger partial charge in [0, 0.05) is 46.5 Å². The Labute approximate surface area is 214 Å². The fourth-order valence-electron chi connectivity index (χ4n) is 8.59. The Bertz CT molecular complexity index is 1370. The molecule has 0 aromatic rings. The molecule has 1 spiro atoms. The Morgan fingerprint density at radius 1 is 0.892 bits per heavy atom. The van der Waals surface area contributed by atoms with Crippen LogP contribution in [0, 0.1) is 35.0 Å². The zero-order valence-corrected chi connectivity index (χ0v) is 20.5. The second-order valence-electron chi connectivity index (χ2n) is 11.6. The molecule has 0 bridgehead atoms. The highest BCUT2D eigenvalue weighted by Crippen LogP contribution is 2.66. The number of fused-ring (bicyclic) bond motifs is 7. The van der Waals surface area contributed by atoms with E-state index >= 15 is 0 Å². The molecule has 37 heavy (non-hydrogen) atoms. The molecule has 2 saturated heterocycles. The van der Waals surface area contributed by atoms with Crippen molar-refractivity contribution in [3.63, 3.8) is 0 Å². The maximum absolute atomic E-state index is 14.1. The summed E-state index contributed by atoms with van der Waals surface area (Å²) in [6.07, 6.45) is 1.76. The number of hydrogen-bond acceptors (Lipinski definition) is 7. The molecule has 2 saturated carbocycles. The summed E-state index contributed by atoms with van der Waals surface area (Å²) in [5.41, 5.74) is 2.51. The lowest BCUT2D eigenvalue weighted by Gasteiger charge is -2.43. The van der Waals surface area contributed by atoms with Gasteiger partial charge in [0.2, 0.25) is 0 Å². The van der Waals surface area contributed by atoms with Crippen LogP contribution in [-0.4, -0.2) is 46.9 Å². The van der Waals surface area contributed by atoms with E-state index in [1.807, 2.05) is 0 Å². The fourth-order valence-corrected chi connectivity index (χ4v) is 8.59. The Morgan fingerprint density at radius 2 is 1.57 bits per heavy atom. The van der Waals surface area contributed by atoms with E-state index < -0.39 is 59.3 Å². The largest absolute Gasteiger partial charge is 0.458 e. The first-order valence-electron chi connectivity index (χ1n) is 12.9. The van der Waals surface area contributed by atoms with Crippen molar-refractivity contribution < 1.29 is 33.8 Å². The number of hydrogen-bond donors (Lipinski definition) is 1. The first-order valence-corrected chi connectivity index (χ1v) is 12.9. The van der Waals surface area contributed by atoms with Gasteiger partial charge in [0.15, 0.2) is 5.78 Å². The van der Waals surface area contributed by atoms with Crippen LogP contribution in [0.2, 0.25) is 0 Å². The molecule has 4 fully saturated rings. The lowest BCUT2D eigenvalue weighted by Crippen LogP contribution is -2.46. The summed E-state index contributed by atoms with van der Waals surface area (Å²) in [6.45, 7) is 16.2. The van der Waals surface area contributed by atoms with Gasteiger partial charge in [-0.05, 0) is 48.3 Å². The topological polar surface area (TPSA) is 107 Å². The lowest BCUT2D eigenvalue weighted by molar-refractivity contribution is -0.145. The number of aliphatic hydroxyl groups is 1. The van der Waals surface area contributed by atoms with Crippen LogP contribution in [0.1, 0.15) is 32.1 Å². The summed E-state index contributed by atoms with van der Waals surface area (Å²) in [5.74, 6) is -3.60. The van der Waals surface area contributed by atoms with Crippen molar-refractivity contribution in [3.05, 3.63) is 71.4 Å². The zero-order valence-electron chi connectivity index (χ0n) is 20.5. The third kappa shape index (κ3) is 2.56. The number of carbonyl (C=O) groups is 4. The molecular formula is C30H28O7. The van der Waals surface area contributed by atoms with Gasteiger partial charge in [-0.25, -0.2) is 9.59 Å². The molecule has 7 aliphatic rings. The standard InChI is InChI=1S/C30H28O7/c1-11-17-10-20(32)30(23(17)27-18(9-19(11)31)13(3)29(35)37-27)8-7-15-5-6-16-12(2)28(34)36-26(16)21-14(4)25(33)24(30)22(15)21/h5,16-19,21,23,26-27,31H,1-4,6-10H2/t16-,17-,18-,19-,21-,23-,26-,27-,30?/m0/s1. The van der Waals surface area contributed by atoms with Crippen molar-refractivity contribution in [2.45, 2.75) is 50.4 Å². The van der Waals surface area contributed by atoms with E-state index in [4.69, 9.17) is 9.47 Å². The van der Waals surface area contributed by atoms with Crippen LogP contribution >= 0.6 is 0 Å². The maximum atomic E-state index is 14.1. The van der Waals surface area contributed by atoms with E-state index in [-0.39, 0.29) is 35.9 Å². The minimum atomic E-state index is -1.20. The number of Topliss-reactive ketones (excluding diaryl/α,β-unsaturated/α-hetero) is 2. The van der Waals surface area contributed by atoms with Crippen molar-refractivity contribution >= 4 is 23.5 Å². The van der Waals surface area contributed by atoms with Gasteiger partial charge in [0.05, 0.1) is 17.4 Å². The molecule has 7 rings (SSSR count). The summed E-state index contributed by atoms with van der Waals surface area (Å²) >= 11 is 0. The van der Waals surface area contributed by atoms with Crippen LogP contribution in [0.15, 0.2) is 71.4 Å². The predicted molar refractivity (Wildman–Crippen MR) is 130 cm³/mol. The van der Waals surface area contributed by atoms with Gasteiger partial charge in [0.25, 0.3) is 0 Å². The normalized spacial score (nSPS) is 44.3. The SMILES string of the molecule is C=C1C(=O)C2=C3C(=CC[C@H]4C(=C)C(=O)O[C@@H]4[C@@H]13)CCC21C(=O)C[C@H]2C(=C)[C@@H](O)C[C@H]3C(=C)C(=O)O[C@@H]3[C@H]21. The molecule has 0 amide bonds. The molecule has 1 unspecified atom stereocenters. The number of carbonyl (C=O) groups excluding carboxylic acids is 4. The molecular weight excluding hydrogens is 472 g/mol. The summed E-state index contributed by atoms with van der Waals surface area (Å²) in [4.78, 5) is 53.3. The smallest absolute Gasteiger partial charge is 0.334 e. The summed E-state index contributed by atoms with van der Waals surface area (Å²) in [5, 5.41) is 11.0. The Kier molecular flexibility index (Phi) is 4.42. The molecule has 5 aliphatic carbocycles. The van der Waals surface area contributed by atoms with Crippen molar-refractivity contribution in [2.24, 2.45) is 35.0 Å². The molecule has 2 heterocycles. The first kappa shape index (κ1) is 22.8. The van der Waals surface area contributed by atoms with Crippen LogP contribution in [0.5, 0.6) is 0 Å². The molecule has 1 N–H and O–H groups in total. The third-order valence-corrected chi connectivity index (χ3v) is 10.3. The van der Waals surface area contributed by atoms with Gasteiger partial charge in [-0.1, -0.05) is 32.4 Å². The van der Waals surface area contributed by atoms with E-state index in [2.05, 4.69) is 32.4 Å². The fraction of sp³-hybridized carbons (Fsp3) is 0.467. The van der Waals surface area contributed by atoms with Gasteiger partial charge in [0.1, 0.15) is 18.0 Å². The molecule has 2 aliphatic heterocycles. The second-order valence-corrected chi connectivity index (χ2v) is 11.6. The summed E-state index contributed by atoms with van der Waals surface area (Å²) < 4.78 is 11.6. The van der Waals surface area contributed by atoms with Crippen molar-refractivity contribution in [1.82, 2.24) is 0 Å². The van der Waals surface area contributed by atoms with Crippen molar-refractivity contribution in [3.8, 4) is 0 Å². The number of aliphatic hydroxyl groups excluding tert-OH is 1. The average Bonchev–Trinajstić information content (AvgIpc) is 3.43. The van der Waals surface area contributed by atoms with Gasteiger partial charge in [-0.2, -0.15) is 0 Å². The molecule has 0 radical (unpaired) electrons. The third-order valence-electron chi connectivity index (χ3n) is 10.3. The number of ether oxygens (including phenoxy) is 2. The number of ketones is 2. The monoisotopic (exact) mass is 500 g/mol. The number of rotatable bonds is 0. The Hall–Kier alpha value is -3.32.